The van der Waals surface area contributed by atoms with Gasteiger partial charge < -0.3 is 11.1 Å². The molecule has 0 saturated carbocycles. The zero-order valence-corrected chi connectivity index (χ0v) is 10.6. The lowest BCUT2D eigenvalue weighted by Crippen LogP contribution is -2.49. The Bertz CT molecular complexity index is 241. The van der Waals surface area contributed by atoms with E-state index < -0.39 is 0 Å². The van der Waals surface area contributed by atoms with Crippen LogP contribution in [0.25, 0.3) is 0 Å². The number of likely N-dealkylation sites (N-methyl/N-ethyl adjacent to an activating group) is 1. The molecule has 94 valence electrons. The first-order valence-corrected chi connectivity index (χ1v) is 5.75. The van der Waals surface area contributed by atoms with Crippen LogP contribution in [0.4, 0.5) is 0 Å². The number of carbonyl (C=O) groups is 2. The number of primary amides is 1. The number of amides is 2. The predicted octanol–water partition coefficient (Wildman–Crippen LogP) is 0.0968. The lowest BCUT2D eigenvalue weighted by Gasteiger charge is -2.27. The maximum Gasteiger partial charge on any atom is 0.234 e. The summed E-state index contributed by atoms with van der Waals surface area (Å²) in [4.78, 5) is 24.5. The van der Waals surface area contributed by atoms with Crippen molar-refractivity contribution in [3.05, 3.63) is 0 Å². The van der Waals surface area contributed by atoms with Gasteiger partial charge in [0.2, 0.25) is 11.8 Å². The highest BCUT2D eigenvalue weighted by Crippen LogP contribution is 2.03. The van der Waals surface area contributed by atoms with E-state index in [4.69, 9.17) is 5.73 Å². The molecule has 0 fully saturated rings. The molecule has 0 saturated heterocycles. The fraction of sp³-hybridized carbons (Fsp3) is 0.818. The summed E-state index contributed by atoms with van der Waals surface area (Å²) in [5.41, 5.74) is 5.29. The van der Waals surface area contributed by atoms with Crippen LogP contribution in [0.1, 0.15) is 34.1 Å². The second-order valence-corrected chi connectivity index (χ2v) is 4.11. The van der Waals surface area contributed by atoms with Gasteiger partial charge in [0.1, 0.15) is 0 Å². The van der Waals surface area contributed by atoms with E-state index in [0.29, 0.717) is 13.0 Å². The molecule has 0 spiro atoms. The zero-order chi connectivity index (χ0) is 12.7. The lowest BCUT2D eigenvalue weighted by atomic mass is 10.1. The third-order valence-corrected chi connectivity index (χ3v) is 2.36. The van der Waals surface area contributed by atoms with Gasteiger partial charge >= 0.3 is 0 Å². The van der Waals surface area contributed by atoms with Crippen LogP contribution in [0.15, 0.2) is 0 Å². The van der Waals surface area contributed by atoms with E-state index >= 15 is 0 Å². The standard InChI is InChI=1S/C11H23N3O2/c1-5-9(11(12)16)14(6-2)7-10(15)13-8(3)4/h8-9H,5-7H2,1-4H3,(H2,12,16)(H,13,15). The minimum absolute atomic E-state index is 0.0726. The number of hydrogen-bond donors (Lipinski definition) is 2. The quantitative estimate of drug-likeness (QED) is 0.650. The summed E-state index contributed by atoms with van der Waals surface area (Å²) in [7, 11) is 0. The van der Waals surface area contributed by atoms with Crippen molar-refractivity contribution < 1.29 is 9.59 Å². The highest BCUT2D eigenvalue weighted by atomic mass is 16.2. The Hall–Kier alpha value is -1.10. The molecule has 0 aromatic rings. The Kier molecular flexibility index (Phi) is 6.72. The monoisotopic (exact) mass is 229 g/mol. The Morgan fingerprint density at radius 3 is 2.19 bits per heavy atom. The Morgan fingerprint density at radius 2 is 1.88 bits per heavy atom. The molecule has 0 rings (SSSR count). The SMILES string of the molecule is CCC(C(N)=O)N(CC)CC(=O)NC(C)C. The molecule has 0 aromatic heterocycles. The molecule has 3 N–H and O–H groups in total. The molecule has 0 radical (unpaired) electrons. The first-order valence-electron chi connectivity index (χ1n) is 5.75. The van der Waals surface area contributed by atoms with Crippen LogP contribution < -0.4 is 11.1 Å². The molecule has 0 aromatic carbocycles. The van der Waals surface area contributed by atoms with E-state index in [1.165, 1.54) is 0 Å². The maximum absolute atomic E-state index is 11.6. The first-order chi connectivity index (χ1) is 7.42. The van der Waals surface area contributed by atoms with Crippen molar-refractivity contribution in [3.8, 4) is 0 Å². The van der Waals surface area contributed by atoms with Crippen molar-refractivity contribution in [3.63, 3.8) is 0 Å². The van der Waals surface area contributed by atoms with Crippen molar-refractivity contribution in [2.24, 2.45) is 5.73 Å². The second-order valence-electron chi connectivity index (χ2n) is 4.11. The molecule has 2 amide bonds. The fourth-order valence-corrected chi connectivity index (χ4v) is 1.63. The van der Waals surface area contributed by atoms with Gasteiger partial charge in [0.25, 0.3) is 0 Å². The predicted molar refractivity (Wildman–Crippen MR) is 63.8 cm³/mol. The molecule has 0 aliphatic rings. The number of rotatable bonds is 7. The van der Waals surface area contributed by atoms with Crippen LogP contribution in [0, 0.1) is 0 Å². The summed E-state index contributed by atoms with van der Waals surface area (Å²) in [5.74, 6) is -0.446. The van der Waals surface area contributed by atoms with Crippen molar-refractivity contribution in [1.29, 1.82) is 0 Å². The van der Waals surface area contributed by atoms with Gasteiger partial charge in [-0.3, -0.25) is 14.5 Å². The normalized spacial score (nSPS) is 12.9. The topological polar surface area (TPSA) is 75.4 Å². The van der Waals surface area contributed by atoms with E-state index in [1.807, 2.05) is 27.7 Å². The molecule has 0 aliphatic heterocycles. The summed E-state index contributed by atoms with van der Waals surface area (Å²) in [6.07, 6.45) is 0.623. The average molecular weight is 229 g/mol. The highest BCUT2D eigenvalue weighted by molar-refractivity contribution is 5.82. The van der Waals surface area contributed by atoms with E-state index in [0.717, 1.165) is 0 Å². The highest BCUT2D eigenvalue weighted by Gasteiger charge is 2.22. The molecular formula is C11H23N3O2. The second kappa shape index (κ2) is 7.22. The van der Waals surface area contributed by atoms with Gasteiger partial charge in [-0.25, -0.2) is 0 Å². The molecule has 16 heavy (non-hydrogen) atoms. The molecule has 5 heteroatoms. The summed E-state index contributed by atoms with van der Waals surface area (Å²) in [6.45, 7) is 8.45. The van der Waals surface area contributed by atoms with Gasteiger partial charge in [0, 0.05) is 6.04 Å². The van der Waals surface area contributed by atoms with Crippen molar-refractivity contribution >= 4 is 11.8 Å². The maximum atomic E-state index is 11.6. The molecule has 0 heterocycles. The van der Waals surface area contributed by atoms with Crippen LogP contribution in [0.3, 0.4) is 0 Å². The average Bonchev–Trinajstić information content (AvgIpc) is 2.15. The number of carbonyl (C=O) groups excluding carboxylic acids is 2. The molecule has 1 atom stereocenters. The lowest BCUT2D eigenvalue weighted by molar-refractivity contribution is -0.127. The van der Waals surface area contributed by atoms with E-state index in [2.05, 4.69) is 5.32 Å². The van der Waals surface area contributed by atoms with E-state index in [1.54, 1.807) is 4.90 Å². The largest absolute Gasteiger partial charge is 0.368 e. The molecular weight excluding hydrogens is 206 g/mol. The van der Waals surface area contributed by atoms with Gasteiger partial charge in [0.15, 0.2) is 0 Å². The Morgan fingerprint density at radius 1 is 1.31 bits per heavy atom. The van der Waals surface area contributed by atoms with Crippen molar-refractivity contribution in [2.75, 3.05) is 13.1 Å². The van der Waals surface area contributed by atoms with Gasteiger partial charge in [-0.15, -0.1) is 0 Å². The number of nitrogens with zero attached hydrogens (tertiary/aromatic N) is 1. The Balaban J connectivity index is 4.38. The van der Waals surface area contributed by atoms with Crippen molar-refractivity contribution in [2.45, 2.75) is 46.2 Å². The van der Waals surface area contributed by atoms with E-state index in [9.17, 15) is 9.59 Å². The first kappa shape index (κ1) is 14.9. The van der Waals surface area contributed by atoms with Crippen LogP contribution in [-0.2, 0) is 9.59 Å². The third-order valence-electron chi connectivity index (χ3n) is 2.36. The molecule has 5 nitrogen and oxygen atoms in total. The zero-order valence-electron chi connectivity index (χ0n) is 10.6. The fourth-order valence-electron chi connectivity index (χ4n) is 1.63. The molecule has 0 aliphatic carbocycles. The van der Waals surface area contributed by atoms with Gasteiger partial charge in [-0.1, -0.05) is 13.8 Å². The smallest absolute Gasteiger partial charge is 0.234 e. The van der Waals surface area contributed by atoms with Crippen LogP contribution >= 0.6 is 0 Å². The number of hydrogen-bond acceptors (Lipinski definition) is 3. The molecule has 1 unspecified atom stereocenters. The van der Waals surface area contributed by atoms with Crippen LogP contribution in [-0.4, -0.2) is 41.9 Å². The summed E-state index contributed by atoms with van der Waals surface area (Å²) in [5, 5.41) is 2.79. The van der Waals surface area contributed by atoms with Gasteiger partial charge in [0.05, 0.1) is 12.6 Å². The minimum atomic E-state index is -0.373. The number of nitrogens with one attached hydrogen (secondary N) is 1. The summed E-state index contributed by atoms with van der Waals surface area (Å²) in [6, 6.07) is -0.247. The van der Waals surface area contributed by atoms with Gasteiger partial charge in [-0.05, 0) is 26.8 Å². The van der Waals surface area contributed by atoms with E-state index in [-0.39, 0.29) is 30.4 Å². The minimum Gasteiger partial charge on any atom is -0.368 e. The van der Waals surface area contributed by atoms with Crippen LogP contribution in [0.2, 0.25) is 0 Å². The number of nitrogens with two attached hydrogens (primary N) is 1. The molecule has 0 bridgehead atoms. The van der Waals surface area contributed by atoms with Crippen LogP contribution in [0.5, 0.6) is 0 Å². The van der Waals surface area contributed by atoms with Crippen molar-refractivity contribution in [1.82, 2.24) is 10.2 Å². The summed E-state index contributed by atoms with van der Waals surface area (Å²) < 4.78 is 0. The third kappa shape index (κ3) is 5.11. The van der Waals surface area contributed by atoms with Gasteiger partial charge in [-0.2, -0.15) is 0 Å². The summed E-state index contributed by atoms with van der Waals surface area (Å²) >= 11 is 0. The Labute approximate surface area is 97.4 Å².